The molecule has 1 heterocycles. The van der Waals surface area contributed by atoms with E-state index in [2.05, 4.69) is 20.5 Å². The second kappa shape index (κ2) is 13.2. The molecule has 2 fully saturated rings. The number of nitrogens with zero attached hydrogens (tertiary/aromatic N) is 3. The van der Waals surface area contributed by atoms with Crippen LogP contribution in [0.5, 0.6) is 5.75 Å². The number of amides is 1. The monoisotopic (exact) mass is 561 g/mol. The molecule has 7 nitrogen and oxygen atoms in total. The minimum atomic E-state index is -0.317. The van der Waals surface area contributed by atoms with Crippen LogP contribution in [0.3, 0.4) is 0 Å². The summed E-state index contributed by atoms with van der Waals surface area (Å²) in [5.41, 5.74) is 0.956. The number of methoxy groups -OCH3 is 1. The quantitative estimate of drug-likeness (QED) is 0.305. The van der Waals surface area contributed by atoms with E-state index < -0.39 is 0 Å². The Labute approximate surface area is 208 Å². The number of nitrogens with one attached hydrogen (secondary N) is 2. The van der Waals surface area contributed by atoms with Crippen molar-refractivity contribution in [2.24, 2.45) is 4.99 Å². The Morgan fingerprint density at radius 3 is 2.34 bits per heavy atom. The van der Waals surface area contributed by atoms with E-state index in [9.17, 15) is 9.18 Å². The van der Waals surface area contributed by atoms with Crippen molar-refractivity contribution in [1.82, 2.24) is 20.4 Å². The first-order valence-electron chi connectivity index (χ1n) is 11.3. The molecule has 1 aromatic rings. The Morgan fingerprint density at radius 1 is 1.16 bits per heavy atom. The standard InChI is InChI=1S/C23H36FN5O2.HI/c1-28(2)22(30)15-25-23(26-18-6-4-5-7-18)27-19-10-12-29(13-11-19)16-17-8-9-21(31-3)20(24)14-17;/h8-9,14,18-19H,4-7,10-13,15-16H2,1-3H3,(H2,25,26,27);1H. The lowest BCUT2D eigenvalue weighted by Gasteiger charge is -2.33. The summed E-state index contributed by atoms with van der Waals surface area (Å²) in [4.78, 5) is 20.4. The molecule has 1 aliphatic carbocycles. The highest BCUT2D eigenvalue weighted by Crippen LogP contribution is 2.21. The molecule has 0 spiro atoms. The summed E-state index contributed by atoms with van der Waals surface area (Å²) >= 11 is 0. The first-order chi connectivity index (χ1) is 14.9. The van der Waals surface area contributed by atoms with E-state index in [4.69, 9.17) is 4.74 Å². The summed E-state index contributed by atoms with van der Waals surface area (Å²) in [5.74, 6) is 0.704. The SMILES string of the molecule is COc1ccc(CN2CCC(NC(=NCC(=O)N(C)C)NC3CCCC3)CC2)cc1F.I. The van der Waals surface area contributed by atoms with Gasteiger partial charge in [0.15, 0.2) is 17.5 Å². The van der Waals surface area contributed by atoms with Gasteiger partial charge in [-0.25, -0.2) is 9.38 Å². The summed E-state index contributed by atoms with van der Waals surface area (Å²) in [7, 11) is 4.98. The van der Waals surface area contributed by atoms with Gasteiger partial charge in [0.25, 0.3) is 0 Å². The second-order valence-electron chi connectivity index (χ2n) is 8.74. The third-order valence-electron chi connectivity index (χ3n) is 6.12. The van der Waals surface area contributed by atoms with E-state index in [-0.39, 0.29) is 48.0 Å². The summed E-state index contributed by atoms with van der Waals surface area (Å²) in [6.07, 6.45) is 6.74. The van der Waals surface area contributed by atoms with Crippen molar-refractivity contribution in [2.45, 2.75) is 57.2 Å². The molecule has 32 heavy (non-hydrogen) atoms. The average Bonchev–Trinajstić information content (AvgIpc) is 3.26. The van der Waals surface area contributed by atoms with Gasteiger partial charge in [-0.2, -0.15) is 0 Å². The fourth-order valence-electron chi connectivity index (χ4n) is 4.18. The largest absolute Gasteiger partial charge is 0.494 e. The van der Waals surface area contributed by atoms with Gasteiger partial charge in [-0.3, -0.25) is 9.69 Å². The van der Waals surface area contributed by atoms with Crippen LogP contribution in [0.4, 0.5) is 4.39 Å². The first kappa shape index (κ1) is 26.6. The number of hydrogen-bond acceptors (Lipinski definition) is 4. The van der Waals surface area contributed by atoms with Gasteiger partial charge < -0.3 is 20.3 Å². The van der Waals surface area contributed by atoms with Crippen LogP contribution < -0.4 is 15.4 Å². The van der Waals surface area contributed by atoms with E-state index in [0.717, 1.165) is 56.8 Å². The Hall–Kier alpha value is -1.62. The number of carbonyl (C=O) groups is 1. The molecule has 0 aromatic heterocycles. The van der Waals surface area contributed by atoms with Crippen molar-refractivity contribution in [3.63, 3.8) is 0 Å². The van der Waals surface area contributed by atoms with E-state index in [1.807, 2.05) is 6.07 Å². The number of piperidine rings is 1. The van der Waals surface area contributed by atoms with Gasteiger partial charge in [0.2, 0.25) is 5.91 Å². The molecule has 9 heteroatoms. The maximum absolute atomic E-state index is 14.0. The normalized spacial score (nSPS) is 18.2. The van der Waals surface area contributed by atoms with Crippen molar-refractivity contribution in [1.29, 1.82) is 0 Å². The van der Waals surface area contributed by atoms with Gasteiger partial charge in [-0.05, 0) is 43.4 Å². The molecule has 1 aromatic carbocycles. The van der Waals surface area contributed by atoms with Crippen molar-refractivity contribution >= 4 is 35.8 Å². The maximum Gasteiger partial charge on any atom is 0.243 e. The second-order valence-corrected chi connectivity index (χ2v) is 8.74. The maximum atomic E-state index is 14.0. The zero-order valence-corrected chi connectivity index (χ0v) is 21.7. The molecule has 0 radical (unpaired) electrons. The van der Waals surface area contributed by atoms with Crippen molar-refractivity contribution in [2.75, 3.05) is 40.8 Å². The minimum absolute atomic E-state index is 0. The van der Waals surface area contributed by atoms with Crippen molar-refractivity contribution in [3.05, 3.63) is 29.6 Å². The highest BCUT2D eigenvalue weighted by molar-refractivity contribution is 14.0. The molecule has 2 aliphatic rings. The van der Waals surface area contributed by atoms with Crippen LogP contribution in [0, 0.1) is 5.82 Å². The number of likely N-dealkylation sites (N-methyl/N-ethyl adjacent to an activating group) is 1. The van der Waals surface area contributed by atoms with Gasteiger partial charge in [0, 0.05) is 45.8 Å². The Balaban J connectivity index is 0.00000363. The Bertz CT molecular complexity index is 763. The van der Waals surface area contributed by atoms with Crippen LogP contribution in [0.25, 0.3) is 0 Å². The molecule has 1 saturated heterocycles. The number of likely N-dealkylation sites (tertiary alicyclic amines) is 1. The molecule has 2 N–H and O–H groups in total. The number of rotatable bonds is 7. The first-order valence-corrected chi connectivity index (χ1v) is 11.3. The van der Waals surface area contributed by atoms with Crippen LogP contribution in [-0.2, 0) is 11.3 Å². The van der Waals surface area contributed by atoms with Crippen molar-refractivity contribution < 1.29 is 13.9 Å². The highest BCUT2D eigenvalue weighted by Gasteiger charge is 2.22. The van der Waals surface area contributed by atoms with E-state index >= 15 is 0 Å². The Morgan fingerprint density at radius 2 is 1.78 bits per heavy atom. The number of halogens is 2. The molecular weight excluding hydrogens is 524 g/mol. The van der Waals surface area contributed by atoms with Crippen LogP contribution in [0.1, 0.15) is 44.1 Å². The van der Waals surface area contributed by atoms with Crippen LogP contribution in [0.15, 0.2) is 23.2 Å². The number of ether oxygens (including phenoxy) is 1. The molecule has 0 unspecified atom stereocenters. The molecule has 180 valence electrons. The number of carbonyl (C=O) groups excluding carboxylic acids is 1. The summed E-state index contributed by atoms with van der Waals surface area (Å²) in [6.45, 7) is 2.74. The van der Waals surface area contributed by atoms with Gasteiger partial charge >= 0.3 is 0 Å². The van der Waals surface area contributed by atoms with Gasteiger partial charge in [-0.15, -0.1) is 24.0 Å². The summed E-state index contributed by atoms with van der Waals surface area (Å²) < 4.78 is 19.0. The lowest BCUT2D eigenvalue weighted by molar-refractivity contribution is -0.127. The van der Waals surface area contributed by atoms with E-state index in [0.29, 0.717) is 12.1 Å². The lowest BCUT2D eigenvalue weighted by atomic mass is 10.0. The fourth-order valence-corrected chi connectivity index (χ4v) is 4.18. The van der Waals surface area contributed by atoms with Crippen molar-refractivity contribution in [3.8, 4) is 5.75 Å². The van der Waals surface area contributed by atoms with Crippen LogP contribution in [0.2, 0.25) is 0 Å². The molecule has 1 aliphatic heterocycles. The average molecular weight is 561 g/mol. The predicted octanol–water partition coefficient (Wildman–Crippen LogP) is 2.98. The summed E-state index contributed by atoms with van der Waals surface area (Å²) in [6, 6.07) is 5.91. The van der Waals surface area contributed by atoms with Crippen LogP contribution in [-0.4, -0.2) is 74.6 Å². The van der Waals surface area contributed by atoms with Gasteiger partial charge in [-0.1, -0.05) is 18.9 Å². The van der Waals surface area contributed by atoms with Gasteiger partial charge in [0.1, 0.15) is 6.54 Å². The fraction of sp³-hybridized carbons (Fsp3) is 0.652. The Kier molecular flexibility index (Phi) is 11.0. The van der Waals surface area contributed by atoms with Gasteiger partial charge in [0.05, 0.1) is 7.11 Å². The zero-order valence-electron chi connectivity index (χ0n) is 19.4. The molecule has 0 atom stereocenters. The lowest BCUT2D eigenvalue weighted by Crippen LogP contribution is -2.50. The number of aliphatic imine (C=N–C) groups is 1. The molecule has 1 saturated carbocycles. The molecular formula is C23H37FIN5O2. The van der Waals surface area contributed by atoms with E-state index in [1.54, 1.807) is 31.1 Å². The third kappa shape index (κ3) is 8.06. The number of benzene rings is 1. The minimum Gasteiger partial charge on any atom is -0.494 e. The molecule has 3 rings (SSSR count). The predicted molar refractivity (Wildman–Crippen MR) is 136 cm³/mol. The smallest absolute Gasteiger partial charge is 0.243 e. The topological polar surface area (TPSA) is 69.2 Å². The third-order valence-corrected chi connectivity index (χ3v) is 6.12. The summed E-state index contributed by atoms with van der Waals surface area (Å²) in [5, 5.41) is 7.08. The number of guanidine groups is 1. The number of hydrogen-bond donors (Lipinski definition) is 2. The van der Waals surface area contributed by atoms with Crippen LogP contribution >= 0.6 is 24.0 Å². The molecule has 0 bridgehead atoms. The zero-order chi connectivity index (χ0) is 22.2. The van der Waals surface area contributed by atoms with E-state index in [1.165, 1.54) is 20.0 Å². The highest BCUT2D eigenvalue weighted by atomic mass is 127. The molecule has 1 amide bonds.